The van der Waals surface area contributed by atoms with E-state index in [0.29, 0.717) is 19.1 Å². The third-order valence-electron chi connectivity index (χ3n) is 4.01. The summed E-state index contributed by atoms with van der Waals surface area (Å²) >= 11 is 0. The smallest absolute Gasteiger partial charge is 0.238 e. The van der Waals surface area contributed by atoms with Crippen molar-refractivity contribution in [3.63, 3.8) is 0 Å². The van der Waals surface area contributed by atoms with Gasteiger partial charge in [-0.3, -0.25) is 9.69 Å². The fourth-order valence-electron chi connectivity index (χ4n) is 2.87. The molecule has 0 spiro atoms. The predicted molar refractivity (Wildman–Crippen MR) is 83.9 cm³/mol. The Morgan fingerprint density at radius 2 is 2.14 bits per heavy atom. The van der Waals surface area contributed by atoms with E-state index in [2.05, 4.69) is 10.2 Å². The van der Waals surface area contributed by atoms with Crippen LogP contribution >= 0.6 is 0 Å². The molecule has 1 heterocycles. The van der Waals surface area contributed by atoms with E-state index in [9.17, 15) is 4.79 Å². The molecule has 1 aromatic rings. The van der Waals surface area contributed by atoms with Gasteiger partial charge in [-0.15, -0.1) is 0 Å². The molecule has 0 aromatic heterocycles. The SMILES string of the molecule is NCc1ccc(NC(=O)CN2CCCC2CCCO)cc1. The van der Waals surface area contributed by atoms with E-state index in [0.717, 1.165) is 43.5 Å². The van der Waals surface area contributed by atoms with Crippen molar-refractivity contribution in [3.8, 4) is 0 Å². The number of nitrogens with zero attached hydrogens (tertiary/aromatic N) is 1. The fourth-order valence-corrected chi connectivity index (χ4v) is 2.87. The molecule has 4 N–H and O–H groups in total. The molecular weight excluding hydrogens is 266 g/mol. The van der Waals surface area contributed by atoms with E-state index >= 15 is 0 Å². The second-order valence-electron chi connectivity index (χ2n) is 5.58. The summed E-state index contributed by atoms with van der Waals surface area (Å²) < 4.78 is 0. The third-order valence-corrected chi connectivity index (χ3v) is 4.01. The standard InChI is InChI=1S/C16H25N3O2/c17-11-13-5-7-14(8-6-13)18-16(21)12-19-9-1-3-15(19)4-2-10-20/h5-8,15,20H,1-4,9-12,17H2,(H,18,21). The summed E-state index contributed by atoms with van der Waals surface area (Å²) in [4.78, 5) is 14.3. The van der Waals surface area contributed by atoms with Crippen molar-refractivity contribution >= 4 is 11.6 Å². The van der Waals surface area contributed by atoms with Crippen LogP contribution in [-0.4, -0.2) is 41.7 Å². The summed E-state index contributed by atoms with van der Waals surface area (Å²) in [6, 6.07) is 8.05. The minimum Gasteiger partial charge on any atom is -0.396 e. The van der Waals surface area contributed by atoms with Gasteiger partial charge in [-0.05, 0) is 49.9 Å². The Bertz CT molecular complexity index is 447. The second-order valence-corrected chi connectivity index (χ2v) is 5.58. The average Bonchev–Trinajstić information content (AvgIpc) is 2.93. The summed E-state index contributed by atoms with van der Waals surface area (Å²) in [5, 5.41) is 11.9. The Labute approximate surface area is 126 Å². The number of hydrogen-bond acceptors (Lipinski definition) is 4. The zero-order valence-electron chi connectivity index (χ0n) is 12.4. The molecule has 1 aliphatic rings. The van der Waals surface area contributed by atoms with Crippen LogP contribution in [0, 0.1) is 0 Å². The largest absolute Gasteiger partial charge is 0.396 e. The predicted octanol–water partition coefficient (Wildman–Crippen LogP) is 1.32. The van der Waals surface area contributed by atoms with Crippen LogP contribution in [0.15, 0.2) is 24.3 Å². The van der Waals surface area contributed by atoms with Crippen LogP contribution in [0.1, 0.15) is 31.2 Å². The van der Waals surface area contributed by atoms with Gasteiger partial charge in [0.1, 0.15) is 0 Å². The first-order valence-corrected chi connectivity index (χ1v) is 7.66. The summed E-state index contributed by atoms with van der Waals surface area (Å²) in [6.45, 7) is 2.13. The molecule has 1 aliphatic heterocycles. The van der Waals surface area contributed by atoms with Crippen molar-refractivity contribution in [2.75, 3.05) is 25.0 Å². The summed E-state index contributed by atoms with van der Waals surface area (Å²) in [5.41, 5.74) is 7.41. The topological polar surface area (TPSA) is 78.6 Å². The van der Waals surface area contributed by atoms with Crippen LogP contribution in [0.2, 0.25) is 0 Å². The quantitative estimate of drug-likeness (QED) is 0.708. The first-order chi connectivity index (χ1) is 10.2. The molecule has 0 bridgehead atoms. The number of hydrogen-bond donors (Lipinski definition) is 3. The molecule has 0 aliphatic carbocycles. The number of benzene rings is 1. The molecule has 21 heavy (non-hydrogen) atoms. The first-order valence-electron chi connectivity index (χ1n) is 7.66. The highest BCUT2D eigenvalue weighted by Crippen LogP contribution is 2.21. The van der Waals surface area contributed by atoms with Crippen LogP contribution in [0.3, 0.4) is 0 Å². The van der Waals surface area contributed by atoms with Crippen LogP contribution in [-0.2, 0) is 11.3 Å². The Hall–Kier alpha value is -1.43. The first kappa shape index (κ1) is 15.9. The van der Waals surface area contributed by atoms with Gasteiger partial charge in [0.15, 0.2) is 0 Å². The molecule has 116 valence electrons. The second kappa shape index (κ2) is 8.12. The zero-order chi connectivity index (χ0) is 15.1. The third kappa shape index (κ3) is 4.81. The van der Waals surface area contributed by atoms with Gasteiger partial charge in [0.2, 0.25) is 5.91 Å². The molecule has 1 saturated heterocycles. The number of nitrogens with two attached hydrogens (primary N) is 1. The lowest BCUT2D eigenvalue weighted by atomic mass is 10.1. The van der Waals surface area contributed by atoms with Crippen molar-refractivity contribution in [2.24, 2.45) is 5.73 Å². The fraction of sp³-hybridized carbons (Fsp3) is 0.562. The van der Waals surface area contributed by atoms with E-state index in [-0.39, 0.29) is 12.5 Å². The zero-order valence-corrected chi connectivity index (χ0v) is 12.4. The van der Waals surface area contributed by atoms with E-state index in [1.165, 1.54) is 0 Å². The number of aliphatic hydroxyl groups is 1. The van der Waals surface area contributed by atoms with E-state index in [4.69, 9.17) is 10.8 Å². The van der Waals surface area contributed by atoms with Gasteiger partial charge in [0.05, 0.1) is 6.54 Å². The van der Waals surface area contributed by atoms with Gasteiger partial charge >= 0.3 is 0 Å². The highest BCUT2D eigenvalue weighted by atomic mass is 16.3. The Balaban J connectivity index is 1.82. The molecule has 0 saturated carbocycles. The number of anilines is 1. The van der Waals surface area contributed by atoms with Gasteiger partial charge in [-0.25, -0.2) is 0 Å². The Kier molecular flexibility index (Phi) is 6.17. The number of rotatable bonds is 7. The number of carbonyl (C=O) groups excluding carboxylic acids is 1. The lowest BCUT2D eigenvalue weighted by Gasteiger charge is -2.23. The monoisotopic (exact) mass is 291 g/mol. The van der Waals surface area contributed by atoms with Crippen molar-refractivity contribution in [3.05, 3.63) is 29.8 Å². The van der Waals surface area contributed by atoms with Gasteiger partial charge in [0.25, 0.3) is 0 Å². The normalized spacial score (nSPS) is 18.9. The van der Waals surface area contributed by atoms with E-state index in [1.54, 1.807) is 0 Å². The summed E-state index contributed by atoms with van der Waals surface area (Å²) in [7, 11) is 0. The van der Waals surface area contributed by atoms with Gasteiger partial charge in [-0.1, -0.05) is 12.1 Å². The molecule has 1 atom stereocenters. The maximum absolute atomic E-state index is 12.1. The van der Waals surface area contributed by atoms with Crippen LogP contribution in [0.4, 0.5) is 5.69 Å². The molecule has 5 nitrogen and oxygen atoms in total. The maximum atomic E-state index is 12.1. The number of carbonyl (C=O) groups is 1. The molecule has 0 radical (unpaired) electrons. The minimum atomic E-state index is 0.0198. The van der Waals surface area contributed by atoms with Crippen LogP contribution in [0.25, 0.3) is 0 Å². The van der Waals surface area contributed by atoms with Crippen LogP contribution < -0.4 is 11.1 Å². The van der Waals surface area contributed by atoms with Crippen molar-refractivity contribution in [1.82, 2.24) is 4.90 Å². The van der Waals surface area contributed by atoms with E-state index in [1.807, 2.05) is 24.3 Å². The Morgan fingerprint density at radius 1 is 1.38 bits per heavy atom. The lowest BCUT2D eigenvalue weighted by Crippen LogP contribution is -2.36. The lowest BCUT2D eigenvalue weighted by molar-refractivity contribution is -0.117. The average molecular weight is 291 g/mol. The number of amides is 1. The van der Waals surface area contributed by atoms with Gasteiger partial charge < -0.3 is 16.2 Å². The molecule has 2 rings (SSSR count). The molecule has 1 amide bonds. The number of likely N-dealkylation sites (tertiary alicyclic amines) is 1. The molecule has 1 aromatic carbocycles. The maximum Gasteiger partial charge on any atom is 0.238 e. The van der Waals surface area contributed by atoms with Gasteiger partial charge in [-0.2, -0.15) is 0 Å². The molecule has 1 unspecified atom stereocenters. The highest BCUT2D eigenvalue weighted by molar-refractivity contribution is 5.92. The highest BCUT2D eigenvalue weighted by Gasteiger charge is 2.25. The van der Waals surface area contributed by atoms with E-state index < -0.39 is 0 Å². The molecular formula is C16H25N3O2. The molecule has 5 heteroatoms. The van der Waals surface area contributed by atoms with Crippen molar-refractivity contribution in [1.29, 1.82) is 0 Å². The van der Waals surface area contributed by atoms with Crippen molar-refractivity contribution in [2.45, 2.75) is 38.3 Å². The van der Waals surface area contributed by atoms with Gasteiger partial charge in [0, 0.05) is 24.9 Å². The van der Waals surface area contributed by atoms with Crippen LogP contribution in [0.5, 0.6) is 0 Å². The number of nitrogens with one attached hydrogen (secondary N) is 1. The summed E-state index contributed by atoms with van der Waals surface area (Å²) in [6.07, 6.45) is 4.03. The molecule has 1 fully saturated rings. The minimum absolute atomic E-state index is 0.0198. The Morgan fingerprint density at radius 3 is 2.81 bits per heavy atom. The summed E-state index contributed by atoms with van der Waals surface area (Å²) in [5.74, 6) is 0.0198. The van der Waals surface area contributed by atoms with Crippen molar-refractivity contribution < 1.29 is 9.90 Å². The number of aliphatic hydroxyl groups excluding tert-OH is 1.